The van der Waals surface area contributed by atoms with Crippen molar-refractivity contribution in [2.45, 2.75) is 44.6 Å². The van der Waals surface area contributed by atoms with Crippen molar-refractivity contribution in [1.29, 1.82) is 0 Å². The maximum Gasteiger partial charge on any atom is 0.220 e. The van der Waals surface area contributed by atoms with Gasteiger partial charge in [0, 0.05) is 12.5 Å². The maximum absolute atomic E-state index is 11.7. The summed E-state index contributed by atoms with van der Waals surface area (Å²) in [7, 11) is 1.93. The molecule has 2 rings (SSSR count). The molecule has 0 aromatic heterocycles. The van der Waals surface area contributed by atoms with Crippen molar-refractivity contribution >= 4 is 5.91 Å². The largest absolute Gasteiger partial charge is 0.353 e. The third-order valence-electron chi connectivity index (χ3n) is 3.42. The van der Waals surface area contributed by atoms with E-state index in [-0.39, 0.29) is 5.91 Å². The van der Waals surface area contributed by atoms with Crippen molar-refractivity contribution in [1.82, 2.24) is 10.6 Å². The lowest BCUT2D eigenvalue weighted by molar-refractivity contribution is -0.122. The maximum atomic E-state index is 11.7. The molecular weight excluding hydrogens is 188 g/mol. The van der Waals surface area contributed by atoms with Crippen LogP contribution in [0.5, 0.6) is 0 Å². The summed E-state index contributed by atoms with van der Waals surface area (Å²) < 4.78 is 0. The lowest BCUT2D eigenvalue weighted by Gasteiger charge is -2.17. The lowest BCUT2D eigenvalue weighted by atomic mass is 10.1. The van der Waals surface area contributed by atoms with Crippen molar-refractivity contribution < 1.29 is 4.79 Å². The van der Waals surface area contributed by atoms with E-state index in [4.69, 9.17) is 0 Å². The zero-order valence-electron chi connectivity index (χ0n) is 9.59. The van der Waals surface area contributed by atoms with Gasteiger partial charge in [0.2, 0.25) is 5.91 Å². The summed E-state index contributed by atoms with van der Waals surface area (Å²) in [5.74, 6) is 1.88. The van der Waals surface area contributed by atoms with Gasteiger partial charge in [-0.25, -0.2) is 0 Å². The molecule has 2 aliphatic carbocycles. The minimum Gasteiger partial charge on any atom is -0.353 e. The van der Waals surface area contributed by atoms with E-state index in [9.17, 15) is 4.79 Å². The number of amides is 1. The van der Waals surface area contributed by atoms with Crippen LogP contribution in [0.1, 0.15) is 38.5 Å². The summed E-state index contributed by atoms with van der Waals surface area (Å²) in [4.78, 5) is 11.7. The number of nitrogens with one attached hydrogen (secondary N) is 2. The molecule has 2 saturated carbocycles. The standard InChI is InChI=1S/C12H22N2O/c1-13-8-2-3-11(15)14-12(9-4-5-9)10-6-7-10/h9-10,12-13H,2-8H2,1H3,(H,14,15). The fourth-order valence-electron chi connectivity index (χ4n) is 2.22. The van der Waals surface area contributed by atoms with Crippen LogP contribution in [0.3, 0.4) is 0 Å². The monoisotopic (exact) mass is 210 g/mol. The summed E-state index contributed by atoms with van der Waals surface area (Å²) in [5.41, 5.74) is 0. The molecule has 3 heteroatoms. The van der Waals surface area contributed by atoms with E-state index in [1.807, 2.05) is 7.05 Å². The molecule has 0 bridgehead atoms. The molecule has 2 fully saturated rings. The van der Waals surface area contributed by atoms with Gasteiger partial charge >= 0.3 is 0 Å². The highest BCUT2D eigenvalue weighted by Gasteiger charge is 2.41. The second-order valence-electron chi connectivity index (χ2n) is 4.98. The predicted octanol–water partition coefficient (Wildman–Crippen LogP) is 1.29. The van der Waals surface area contributed by atoms with Crippen LogP contribution in [0.25, 0.3) is 0 Å². The molecule has 0 heterocycles. The zero-order valence-corrected chi connectivity index (χ0v) is 9.59. The molecule has 3 nitrogen and oxygen atoms in total. The van der Waals surface area contributed by atoms with Gasteiger partial charge in [-0.3, -0.25) is 4.79 Å². The third kappa shape index (κ3) is 3.49. The van der Waals surface area contributed by atoms with Crippen LogP contribution in [0.2, 0.25) is 0 Å². The van der Waals surface area contributed by atoms with E-state index >= 15 is 0 Å². The van der Waals surface area contributed by atoms with E-state index in [1.165, 1.54) is 25.7 Å². The minimum atomic E-state index is 0.258. The van der Waals surface area contributed by atoms with E-state index in [0.717, 1.165) is 24.8 Å². The predicted molar refractivity (Wildman–Crippen MR) is 60.5 cm³/mol. The minimum absolute atomic E-state index is 0.258. The lowest BCUT2D eigenvalue weighted by Crippen LogP contribution is -2.38. The molecule has 0 unspecified atom stereocenters. The SMILES string of the molecule is CNCCCC(=O)NC(C1CC1)C1CC1. The first-order valence-electron chi connectivity index (χ1n) is 6.25. The summed E-state index contributed by atoms with van der Waals surface area (Å²) in [6, 6.07) is 0.520. The summed E-state index contributed by atoms with van der Waals surface area (Å²) in [6.07, 6.45) is 6.95. The van der Waals surface area contributed by atoms with Crippen molar-refractivity contribution in [3.05, 3.63) is 0 Å². The molecule has 0 radical (unpaired) electrons. The number of carbonyl (C=O) groups excluding carboxylic acids is 1. The van der Waals surface area contributed by atoms with Crippen LogP contribution in [-0.4, -0.2) is 25.5 Å². The highest BCUT2D eigenvalue weighted by atomic mass is 16.1. The van der Waals surface area contributed by atoms with Crippen molar-refractivity contribution in [3.63, 3.8) is 0 Å². The number of hydrogen-bond donors (Lipinski definition) is 2. The molecule has 0 saturated heterocycles. The molecule has 15 heavy (non-hydrogen) atoms. The molecule has 0 aliphatic heterocycles. The summed E-state index contributed by atoms with van der Waals surface area (Å²) >= 11 is 0. The molecule has 1 amide bonds. The average Bonchev–Trinajstić information content (AvgIpc) is 3.05. The fraction of sp³-hybridized carbons (Fsp3) is 0.917. The number of hydrogen-bond acceptors (Lipinski definition) is 2. The average molecular weight is 210 g/mol. The van der Waals surface area contributed by atoms with E-state index in [1.54, 1.807) is 0 Å². The first-order valence-corrected chi connectivity index (χ1v) is 6.25. The molecule has 2 aliphatic rings. The topological polar surface area (TPSA) is 41.1 Å². The summed E-state index contributed by atoms with van der Waals surface area (Å²) in [5, 5.41) is 6.30. The quantitative estimate of drug-likeness (QED) is 0.622. The Hall–Kier alpha value is -0.570. The number of rotatable bonds is 7. The van der Waals surface area contributed by atoms with Gasteiger partial charge < -0.3 is 10.6 Å². The first kappa shape index (κ1) is 10.9. The van der Waals surface area contributed by atoms with Crippen LogP contribution >= 0.6 is 0 Å². The Bertz CT molecular complexity index is 210. The van der Waals surface area contributed by atoms with Gasteiger partial charge in [0.1, 0.15) is 0 Å². The Labute approximate surface area is 92.0 Å². The molecular formula is C12H22N2O. The van der Waals surface area contributed by atoms with Crippen LogP contribution in [-0.2, 0) is 4.79 Å². The second kappa shape index (κ2) is 4.97. The second-order valence-corrected chi connectivity index (χ2v) is 4.98. The molecule has 0 spiro atoms. The van der Waals surface area contributed by atoms with Crippen molar-refractivity contribution in [2.24, 2.45) is 11.8 Å². The highest BCUT2D eigenvalue weighted by Crippen LogP contribution is 2.44. The fourth-order valence-corrected chi connectivity index (χ4v) is 2.22. The van der Waals surface area contributed by atoms with Crippen LogP contribution in [0.15, 0.2) is 0 Å². The molecule has 2 N–H and O–H groups in total. The Morgan fingerprint density at radius 3 is 2.33 bits per heavy atom. The van der Waals surface area contributed by atoms with Gasteiger partial charge in [-0.1, -0.05) is 0 Å². The van der Waals surface area contributed by atoms with Gasteiger partial charge in [0.25, 0.3) is 0 Å². The van der Waals surface area contributed by atoms with E-state index in [0.29, 0.717) is 12.5 Å². The third-order valence-corrected chi connectivity index (χ3v) is 3.42. The first-order chi connectivity index (χ1) is 7.31. The molecule has 0 atom stereocenters. The Morgan fingerprint density at radius 2 is 1.87 bits per heavy atom. The number of carbonyl (C=O) groups is 1. The van der Waals surface area contributed by atoms with Gasteiger partial charge in [-0.2, -0.15) is 0 Å². The van der Waals surface area contributed by atoms with Gasteiger partial charge in [0.15, 0.2) is 0 Å². The van der Waals surface area contributed by atoms with Crippen LogP contribution < -0.4 is 10.6 Å². The Morgan fingerprint density at radius 1 is 1.27 bits per heavy atom. The van der Waals surface area contributed by atoms with Gasteiger partial charge in [-0.15, -0.1) is 0 Å². The van der Waals surface area contributed by atoms with Gasteiger partial charge in [0.05, 0.1) is 0 Å². The smallest absolute Gasteiger partial charge is 0.220 e. The Kier molecular flexibility index (Phi) is 3.62. The zero-order chi connectivity index (χ0) is 10.7. The highest BCUT2D eigenvalue weighted by molar-refractivity contribution is 5.76. The van der Waals surface area contributed by atoms with Crippen LogP contribution in [0.4, 0.5) is 0 Å². The van der Waals surface area contributed by atoms with Gasteiger partial charge in [-0.05, 0) is 57.5 Å². The van der Waals surface area contributed by atoms with Crippen LogP contribution in [0, 0.1) is 11.8 Å². The van der Waals surface area contributed by atoms with E-state index in [2.05, 4.69) is 10.6 Å². The Balaban J connectivity index is 1.66. The summed E-state index contributed by atoms with van der Waals surface area (Å²) in [6.45, 7) is 0.935. The van der Waals surface area contributed by atoms with E-state index < -0.39 is 0 Å². The molecule has 0 aromatic carbocycles. The van der Waals surface area contributed by atoms with Crippen molar-refractivity contribution in [2.75, 3.05) is 13.6 Å². The molecule has 0 aromatic rings. The molecule has 86 valence electrons. The van der Waals surface area contributed by atoms with Crippen molar-refractivity contribution in [3.8, 4) is 0 Å². The normalized spacial score (nSPS) is 20.7.